The molecule has 0 fully saturated rings. The van der Waals surface area contributed by atoms with E-state index in [1.54, 1.807) is 6.92 Å². The summed E-state index contributed by atoms with van der Waals surface area (Å²) < 4.78 is 34.6. The topological polar surface area (TPSA) is 84.6 Å². The van der Waals surface area contributed by atoms with Crippen LogP contribution in [0.3, 0.4) is 0 Å². The van der Waals surface area contributed by atoms with Crippen LogP contribution in [-0.2, 0) is 13.1 Å². The predicted molar refractivity (Wildman–Crippen MR) is 93.8 cm³/mol. The van der Waals surface area contributed by atoms with Gasteiger partial charge in [0.15, 0.2) is 11.8 Å². The Labute approximate surface area is 158 Å². The molecule has 1 aromatic carbocycles. The first kappa shape index (κ1) is 20.2. The van der Waals surface area contributed by atoms with E-state index in [2.05, 4.69) is 30.5 Å². The number of aryl methyl sites for hydroxylation is 1. The molecule has 0 spiro atoms. The summed E-state index contributed by atoms with van der Waals surface area (Å²) in [6, 6.07) is 2.80. The Hall–Kier alpha value is -2.13. The van der Waals surface area contributed by atoms with E-state index < -0.39 is 6.61 Å². The van der Waals surface area contributed by atoms with Crippen molar-refractivity contribution < 1.29 is 18.0 Å². The summed E-state index contributed by atoms with van der Waals surface area (Å²) in [7, 11) is 0. The standard InChI is InChI=1S/C15H17Cl2F2N5O2/c1-3-20-15(22-7-12-23-8(2)26-24-12)21-6-9-4-10(16)5-11(17)13(9)25-14(18)19/h4-5,14H,3,6-7H2,1-2H3,(H2,20,21,22). The molecule has 0 aliphatic carbocycles. The summed E-state index contributed by atoms with van der Waals surface area (Å²) >= 11 is 11.9. The van der Waals surface area contributed by atoms with Crippen molar-refractivity contribution in [1.82, 2.24) is 20.8 Å². The highest BCUT2D eigenvalue weighted by Gasteiger charge is 2.15. The van der Waals surface area contributed by atoms with Crippen molar-refractivity contribution in [3.8, 4) is 5.75 Å². The van der Waals surface area contributed by atoms with Crippen molar-refractivity contribution in [2.24, 2.45) is 4.99 Å². The number of benzene rings is 1. The zero-order chi connectivity index (χ0) is 19.1. The van der Waals surface area contributed by atoms with Crippen LogP contribution in [0.5, 0.6) is 5.75 Å². The molecule has 2 rings (SSSR count). The first-order valence-electron chi connectivity index (χ1n) is 7.63. The third-order valence-corrected chi connectivity index (χ3v) is 3.53. The normalized spacial score (nSPS) is 11.7. The Morgan fingerprint density at radius 3 is 2.73 bits per heavy atom. The number of aromatic nitrogens is 2. The van der Waals surface area contributed by atoms with Gasteiger partial charge < -0.3 is 19.9 Å². The molecule has 0 amide bonds. The second-order valence-corrected chi connectivity index (χ2v) is 5.88. The molecule has 0 saturated heterocycles. The fraction of sp³-hybridized carbons (Fsp3) is 0.400. The molecule has 0 aliphatic rings. The van der Waals surface area contributed by atoms with E-state index in [0.29, 0.717) is 34.8 Å². The Morgan fingerprint density at radius 1 is 1.35 bits per heavy atom. The Morgan fingerprint density at radius 2 is 2.12 bits per heavy atom. The van der Waals surface area contributed by atoms with Crippen LogP contribution < -0.4 is 15.4 Å². The van der Waals surface area contributed by atoms with Crippen molar-refractivity contribution >= 4 is 29.2 Å². The third kappa shape index (κ3) is 5.99. The summed E-state index contributed by atoms with van der Waals surface area (Å²) in [6.07, 6.45) is 0. The number of rotatable bonds is 7. The molecular weight excluding hydrogens is 391 g/mol. The van der Waals surface area contributed by atoms with Gasteiger partial charge in [0.25, 0.3) is 0 Å². The molecule has 1 aromatic heterocycles. The fourth-order valence-corrected chi connectivity index (χ4v) is 2.61. The molecule has 2 aromatic rings. The van der Waals surface area contributed by atoms with Gasteiger partial charge in [0.2, 0.25) is 5.89 Å². The second-order valence-electron chi connectivity index (χ2n) is 5.03. The van der Waals surface area contributed by atoms with Gasteiger partial charge >= 0.3 is 6.61 Å². The van der Waals surface area contributed by atoms with E-state index >= 15 is 0 Å². The van der Waals surface area contributed by atoms with Gasteiger partial charge in [0.1, 0.15) is 5.75 Å². The predicted octanol–water partition coefficient (Wildman–Crippen LogP) is 3.54. The molecular formula is C15H17Cl2F2N5O2. The Bertz CT molecular complexity index is 770. The lowest BCUT2D eigenvalue weighted by Gasteiger charge is -2.13. The van der Waals surface area contributed by atoms with E-state index in [1.165, 1.54) is 12.1 Å². The highest BCUT2D eigenvalue weighted by molar-refractivity contribution is 6.35. The number of halogens is 4. The molecule has 11 heteroatoms. The minimum atomic E-state index is -3.01. The minimum Gasteiger partial charge on any atom is -0.433 e. The van der Waals surface area contributed by atoms with Crippen molar-refractivity contribution in [1.29, 1.82) is 0 Å². The number of nitrogens with one attached hydrogen (secondary N) is 2. The molecule has 0 aliphatic heterocycles. The lowest BCUT2D eigenvalue weighted by atomic mass is 10.2. The minimum absolute atomic E-state index is 0.0109. The summed E-state index contributed by atoms with van der Waals surface area (Å²) in [6.45, 7) is 1.45. The van der Waals surface area contributed by atoms with Crippen LogP contribution in [0.4, 0.5) is 8.78 Å². The Kier molecular flexibility index (Phi) is 7.40. The zero-order valence-electron chi connectivity index (χ0n) is 14.0. The number of alkyl halides is 2. The number of guanidine groups is 1. The maximum Gasteiger partial charge on any atom is 0.387 e. The van der Waals surface area contributed by atoms with Gasteiger partial charge in [-0.1, -0.05) is 28.4 Å². The molecule has 0 saturated carbocycles. The van der Waals surface area contributed by atoms with Crippen molar-refractivity contribution in [3.05, 3.63) is 39.5 Å². The summed E-state index contributed by atoms with van der Waals surface area (Å²) in [5.41, 5.74) is 0.329. The second kappa shape index (κ2) is 9.54. The number of ether oxygens (including phenoxy) is 1. The molecule has 142 valence electrons. The first-order valence-corrected chi connectivity index (χ1v) is 8.38. The number of nitrogens with zero attached hydrogens (tertiary/aromatic N) is 3. The molecule has 0 unspecified atom stereocenters. The molecule has 7 nitrogen and oxygen atoms in total. The molecule has 26 heavy (non-hydrogen) atoms. The van der Waals surface area contributed by atoms with Crippen LogP contribution in [0.2, 0.25) is 10.0 Å². The molecule has 0 radical (unpaired) electrons. The van der Waals surface area contributed by atoms with Crippen LogP contribution in [0.1, 0.15) is 24.2 Å². The summed E-state index contributed by atoms with van der Waals surface area (Å²) in [4.78, 5) is 8.39. The largest absolute Gasteiger partial charge is 0.433 e. The van der Waals surface area contributed by atoms with Gasteiger partial charge in [-0.3, -0.25) is 0 Å². The van der Waals surface area contributed by atoms with E-state index in [4.69, 9.17) is 27.7 Å². The van der Waals surface area contributed by atoms with E-state index in [0.717, 1.165) is 0 Å². The third-order valence-electron chi connectivity index (χ3n) is 3.03. The van der Waals surface area contributed by atoms with Crippen LogP contribution >= 0.6 is 23.2 Å². The van der Waals surface area contributed by atoms with Crippen molar-refractivity contribution in [2.45, 2.75) is 33.5 Å². The number of hydrogen-bond acceptors (Lipinski definition) is 5. The Balaban J connectivity index is 2.15. The van der Waals surface area contributed by atoms with Crippen LogP contribution in [-0.4, -0.2) is 29.3 Å². The highest BCUT2D eigenvalue weighted by atomic mass is 35.5. The maximum absolute atomic E-state index is 12.6. The molecule has 0 bridgehead atoms. The molecule has 2 N–H and O–H groups in total. The first-order chi connectivity index (χ1) is 12.4. The lowest BCUT2D eigenvalue weighted by molar-refractivity contribution is -0.0503. The van der Waals surface area contributed by atoms with Crippen molar-refractivity contribution in [2.75, 3.05) is 6.54 Å². The van der Waals surface area contributed by atoms with Gasteiger partial charge in [-0.25, -0.2) is 4.99 Å². The molecule has 0 atom stereocenters. The average Bonchev–Trinajstić information content (AvgIpc) is 2.98. The number of aliphatic imine (C=N–C) groups is 1. The summed E-state index contributed by atoms with van der Waals surface area (Å²) in [5.74, 6) is 1.18. The van der Waals surface area contributed by atoms with Gasteiger partial charge in [-0.15, -0.1) is 0 Å². The zero-order valence-corrected chi connectivity index (χ0v) is 15.5. The fourth-order valence-electron chi connectivity index (χ4n) is 2.03. The quantitative estimate of drug-likeness (QED) is 0.539. The van der Waals surface area contributed by atoms with E-state index in [1.807, 2.05) is 6.92 Å². The van der Waals surface area contributed by atoms with Crippen LogP contribution in [0.25, 0.3) is 0 Å². The van der Waals surface area contributed by atoms with E-state index in [9.17, 15) is 8.78 Å². The number of hydrogen-bond donors (Lipinski definition) is 2. The van der Waals surface area contributed by atoms with Gasteiger partial charge in [0, 0.05) is 24.1 Å². The van der Waals surface area contributed by atoms with Gasteiger partial charge in [0.05, 0.1) is 18.1 Å². The van der Waals surface area contributed by atoms with Gasteiger partial charge in [-0.05, 0) is 19.1 Å². The van der Waals surface area contributed by atoms with Gasteiger partial charge in [-0.2, -0.15) is 13.8 Å². The molecule has 1 heterocycles. The maximum atomic E-state index is 12.6. The van der Waals surface area contributed by atoms with Crippen LogP contribution in [0.15, 0.2) is 21.6 Å². The lowest BCUT2D eigenvalue weighted by Crippen LogP contribution is -2.37. The van der Waals surface area contributed by atoms with Crippen LogP contribution in [0, 0.1) is 6.92 Å². The SMILES string of the molecule is CCNC(=NCc1cc(Cl)cc(Cl)c1OC(F)F)NCc1noc(C)n1. The summed E-state index contributed by atoms with van der Waals surface area (Å²) in [5, 5.41) is 10.1. The highest BCUT2D eigenvalue weighted by Crippen LogP contribution is 2.34. The monoisotopic (exact) mass is 407 g/mol. The smallest absolute Gasteiger partial charge is 0.387 e. The average molecular weight is 408 g/mol. The van der Waals surface area contributed by atoms with Crippen molar-refractivity contribution in [3.63, 3.8) is 0 Å². The van der Waals surface area contributed by atoms with E-state index in [-0.39, 0.29) is 23.9 Å².